The van der Waals surface area contributed by atoms with Gasteiger partial charge >= 0.3 is 0 Å². The molecule has 2 N–H and O–H groups in total. The highest BCUT2D eigenvalue weighted by molar-refractivity contribution is 9.10. The molecule has 27 heavy (non-hydrogen) atoms. The second kappa shape index (κ2) is 8.10. The minimum Gasteiger partial charge on any atom is -0.326 e. The van der Waals surface area contributed by atoms with E-state index in [0.717, 1.165) is 10.2 Å². The number of rotatable bonds is 4. The molecule has 1 atom stereocenters. The minimum absolute atomic E-state index is 0.232. The Morgan fingerprint density at radius 1 is 1.19 bits per heavy atom. The fraction of sp³-hybridized carbons (Fsp3) is 0.211. The Bertz CT molecular complexity index is 919. The standard InChI is InChI=1S/C19H17BrClN3O3/c1-11(25)22-12-6-7-15(21)16(10-12)23-18(26)13-8-9-24(19(13)27)17-5-3-2-4-14(17)20/h2-7,10,13H,8-9H2,1H3,(H,22,25)(H,23,26). The summed E-state index contributed by atoms with van der Waals surface area (Å²) in [7, 11) is 0. The molecule has 1 fully saturated rings. The van der Waals surface area contributed by atoms with E-state index >= 15 is 0 Å². The van der Waals surface area contributed by atoms with Crippen molar-refractivity contribution in [2.24, 2.45) is 5.92 Å². The summed E-state index contributed by atoms with van der Waals surface area (Å²) in [5, 5.41) is 5.66. The van der Waals surface area contributed by atoms with Crippen LogP contribution in [0.15, 0.2) is 46.9 Å². The maximum atomic E-state index is 12.7. The van der Waals surface area contributed by atoms with Crippen LogP contribution in [0.5, 0.6) is 0 Å². The lowest BCUT2D eigenvalue weighted by Gasteiger charge is -2.18. The summed E-state index contributed by atoms with van der Waals surface area (Å²) in [4.78, 5) is 38.2. The van der Waals surface area contributed by atoms with Crippen LogP contribution in [-0.2, 0) is 14.4 Å². The number of nitrogens with zero attached hydrogens (tertiary/aromatic N) is 1. The number of halogens is 2. The summed E-state index contributed by atoms with van der Waals surface area (Å²) in [6.45, 7) is 1.85. The Labute approximate surface area is 170 Å². The first-order chi connectivity index (χ1) is 12.9. The number of nitrogens with one attached hydrogen (secondary N) is 2. The third-order valence-corrected chi connectivity index (χ3v) is 5.21. The number of carbonyl (C=O) groups excluding carboxylic acids is 3. The molecule has 8 heteroatoms. The van der Waals surface area contributed by atoms with E-state index in [0.29, 0.717) is 29.4 Å². The van der Waals surface area contributed by atoms with E-state index in [9.17, 15) is 14.4 Å². The monoisotopic (exact) mass is 449 g/mol. The van der Waals surface area contributed by atoms with Gasteiger partial charge in [0.2, 0.25) is 17.7 Å². The van der Waals surface area contributed by atoms with Gasteiger partial charge in [0.1, 0.15) is 5.92 Å². The van der Waals surface area contributed by atoms with Gasteiger partial charge in [0.05, 0.1) is 16.4 Å². The van der Waals surface area contributed by atoms with E-state index in [-0.39, 0.29) is 11.8 Å². The van der Waals surface area contributed by atoms with Crippen LogP contribution < -0.4 is 15.5 Å². The van der Waals surface area contributed by atoms with Crippen molar-refractivity contribution in [3.63, 3.8) is 0 Å². The fourth-order valence-electron chi connectivity index (χ4n) is 2.95. The van der Waals surface area contributed by atoms with Crippen LogP contribution in [0.2, 0.25) is 5.02 Å². The van der Waals surface area contributed by atoms with Gasteiger partial charge in [-0.2, -0.15) is 0 Å². The third-order valence-electron chi connectivity index (χ3n) is 4.21. The molecule has 3 rings (SSSR count). The fourth-order valence-corrected chi connectivity index (χ4v) is 3.62. The average molecular weight is 451 g/mol. The number of anilines is 3. The Kier molecular flexibility index (Phi) is 5.82. The molecule has 0 radical (unpaired) electrons. The molecule has 3 amide bonds. The molecule has 140 valence electrons. The maximum Gasteiger partial charge on any atom is 0.239 e. The number of para-hydroxylation sites is 1. The summed E-state index contributed by atoms with van der Waals surface area (Å²) < 4.78 is 0.797. The second-order valence-corrected chi connectivity index (χ2v) is 7.41. The topological polar surface area (TPSA) is 78.5 Å². The van der Waals surface area contributed by atoms with Crippen LogP contribution >= 0.6 is 27.5 Å². The number of hydrogen-bond acceptors (Lipinski definition) is 3. The quantitative estimate of drug-likeness (QED) is 0.690. The average Bonchev–Trinajstić information content (AvgIpc) is 2.99. The normalized spacial score (nSPS) is 16.3. The lowest BCUT2D eigenvalue weighted by atomic mass is 10.1. The molecule has 1 aliphatic rings. The molecule has 0 saturated carbocycles. The summed E-state index contributed by atoms with van der Waals surface area (Å²) in [5.41, 5.74) is 1.60. The predicted molar refractivity (Wildman–Crippen MR) is 109 cm³/mol. The Hall–Kier alpha value is -2.38. The summed E-state index contributed by atoms with van der Waals surface area (Å²) in [5.74, 6) is -1.70. The Balaban J connectivity index is 1.75. The number of carbonyl (C=O) groups is 3. The van der Waals surface area contributed by atoms with Crippen molar-refractivity contribution in [1.82, 2.24) is 0 Å². The highest BCUT2D eigenvalue weighted by Crippen LogP contribution is 2.32. The lowest BCUT2D eigenvalue weighted by molar-refractivity contribution is -0.129. The summed E-state index contributed by atoms with van der Waals surface area (Å²) in [6.07, 6.45) is 0.412. The van der Waals surface area contributed by atoms with Gasteiger partial charge in [0, 0.05) is 23.6 Å². The molecule has 1 heterocycles. The van der Waals surface area contributed by atoms with Crippen molar-refractivity contribution in [1.29, 1.82) is 0 Å². The number of hydrogen-bond donors (Lipinski definition) is 2. The smallest absolute Gasteiger partial charge is 0.239 e. The maximum absolute atomic E-state index is 12.7. The number of amides is 3. The van der Waals surface area contributed by atoms with Crippen molar-refractivity contribution >= 4 is 62.3 Å². The van der Waals surface area contributed by atoms with Crippen LogP contribution in [0.4, 0.5) is 17.1 Å². The SMILES string of the molecule is CC(=O)Nc1ccc(Cl)c(NC(=O)C2CCN(c3ccccc3Br)C2=O)c1. The predicted octanol–water partition coefficient (Wildman–Crippen LogP) is 4.05. The largest absolute Gasteiger partial charge is 0.326 e. The van der Waals surface area contributed by atoms with Gasteiger partial charge in [-0.15, -0.1) is 0 Å². The first-order valence-electron chi connectivity index (χ1n) is 8.30. The molecule has 0 bridgehead atoms. The van der Waals surface area contributed by atoms with Gasteiger partial charge in [-0.25, -0.2) is 0 Å². The molecule has 1 unspecified atom stereocenters. The lowest BCUT2D eigenvalue weighted by Crippen LogP contribution is -2.33. The minimum atomic E-state index is -0.794. The van der Waals surface area contributed by atoms with Gasteiger partial charge in [-0.3, -0.25) is 14.4 Å². The molecular weight excluding hydrogens is 434 g/mol. The summed E-state index contributed by atoms with van der Waals surface area (Å²) >= 11 is 9.57. The highest BCUT2D eigenvalue weighted by atomic mass is 79.9. The molecule has 2 aromatic carbocycles. The zero-order chi connectivity index (χ0) is 19.6. The molecule has 2 aromatic rings. The van der Waals surface area contributed by atoms with Crippen LogP contribution in [-0.4, -0.2) is 24.3 Å². The second-order valence-electron chi connectivity index (χ2n) is 6.15. The Morgan fingerprint density at radius 2 is 1.93 bits per heavy atom. The molecule has 1 saturated heterocycles. The van der Waals surface area contributed by atoms with Gasteiger partial charge in [0.15, 0.2) is 0 Å². The van der Waals surface area contributed by atoms with Crippen LogP contribution in [0, 0.1) is 5.92 Å². The van der Waals surface area contributed by atoms with Crippen molar-refractivity contribution in [2.45, 2.75) is 13.3 Å². The van der Waals surface area contributed by atoms with Gasteiger partial charge in [0.25, 0.3) is 0 Å². The van der Waals surface area contributed by atoms with Crippen LogP contribution in [0.1, 0.15) is 13.3 Å². The van der Waals surface area contributed by atoms with E-state index < -0.39 is 11.8 Å². The molecule has 1 aliphatic heterocycles. The zero-order valence-electron chi connectivity index (χ0n) is 14.5. The highest BCUT2D eigenvalue weighted by Gasteiger charge is 2.38. The van der Waals surface area contributed by atoms with Crippen molar-refractivity contribution < 1.29 is 14.4 Å². The summed E-state index contributed by atoms with van der Waals surface area (Å²) in [6, 6.07) is 12.2. The first kappa shape index (κ1) is 19.4. The van der Waals surface area contributed by atoms with Gasteiger partial charge in [-0.1, -0.05) is 23.7 Å². The number of benzene rings is 2. The molecule has 0 aromatic heterocycles. The van der Waals surface area contributed by atoms with E-state index in [1.165, 1.54) is 6.92 Å². The molecule has 6 nitrogen and oxygen atoms in total. The Morgan fingerprint density at radius 3 is 2.63 bits per heavy atom. The first-order valence-corrected chi connectivity index (χ1v) is 9.48. The zero-order valence-corrected chi connectivity index (χ0v) is 16.8. The van der Waals surface area contributed by atoms with E-state index in [4.69, 9.17) is 11.6 Å². The van der Waals surface area contributed by atoms with Gasteiger partial charge < -0.3 is 15.5 Å². The van der Waals surface area contributed by atoms with E-state index in [1.54, 1.807) is 23.1 Å². The van der Waals surface area contributed by atoms with Crippen molar-refractivity contribution in [3.05, 3.63) is 52.0 Å². The van der Waals surface area contributed by atoms with Crippen LogP contribution in [0.3, 0.4) is 0 Å². The molecule has 0 spiro atoms. The van der Waals surface area contributed by atoms with E-state index in [1.807, 2.05) is 24.3 Å². The van der Waals surface area contributed by atoms with Gasteiger partial charge in [-0.05, 0) is 52.7 Å². The molecular formula is C19H17BrClN3O3. The van der Waals surface area contributed by atoms with Crippen LogP contribution in [0.25, 0.3) is 0 Å². The van der Waals surface area contributed by atoms with Crippen molar-refractivity contribution in [2.75, 3.05) is 22.1 Å². The van der Waals surface area contributed by atoms with E-state index in [2.05, 4.69) is 26.6 Å². The third kappa shape index (κ3) is 4.31. The van der Waals surface area contributed by atoms with Crippen molar-refractivity contribution in [3.8, 4) is 0 Å². The molecule has 0 aliphatic carbocycles.